The minimum Gasteiger partial charge on any atom is -0.440 e. The largest absolute Gasteiger partial charge is 0.440 e. The summed E-state index contributed by atoms with van der Waals surface area (Å²) in [5.41, 5.74) is 7.52. The predicted molar refractivity (Wildman–Crippen MR) is 140 cm³/mol. The summed E-state index contributed by atoms with van der Waals surface area (Å²) in [5.74, 6) is 1.46. The molecule has 0 atom stereocenters. The number of amides is 1. The second-order valence-electron chi connectivity index (χ2n) is 9.10. The first kappa shape index (κ1) is 28.3. The summed E-state index contributed by atoms with van der Waals surface area (Å²) < 4.78 is 5.96. The van der Waals surface area contributed by atoms with Gasteiger partial charge in [-0.1, -0.05) is 39.3 Å². The summed E-state index contributed by atoms with van der Waals surface area (Å²) in [6.07, 6.45) is 1.87. The number of primary amides is 1. The molecule has 1 amide bonds. The molecule has 2 fully saturated rings. The van der Waals surface area contributed by atoms with Crippen LogP contribution in [0.5, 0.6) is 0 Å². The zero-order valence-corrected chi connectivity index (χ0v) is 22.2. The van der Waals surface area contributed by atoms with Gasteiger partial charge in [0, 0.05) is 29.6 Å². The van der Waals surface area contributed by atoms with Crippen molar-refractivity contribution >= 4 is 17.5 Å². The van der Waals surface area contributed by atoms with Crippen LogP contribution >= 0.6 is 11.6 Å². The molecule has 1 aliphatic heterocycles. The number of nitrogens with two attached hydrogens (primary N) is 1. The monoisotopic (exact) mass is 491 g/mol. The molecule has 1 aromatic carbocycles. The van der Waals surface area contributed by atoms with Gasteiger partial charge in [-0.3, -0.25) is 9.69 Å². The van der Waals surface area contributed by atoms with E-state index in [0.29, 0.717) is 16.3 Å². The molecule has 8 heteroatoms. The Morgan fingerprint density at radius 3 is 2.06 bits per heavy atom. The van der Waals surface area contributed by atoms with E-state index in [0.717, 1.165) is 75.7 Å². The molecule has 1 saturated heterocycles. The number of oxazole rings is 1. The minimum atomic E-state index is -0.155. The number of halogens is 1. The molecular formula is C26H42ClN5O2. The molecule has 34 heavy (non-hydrogen) atoms. The first-order chi connectivity index (χ1) is 16.3. The lowest BCUT2D eigenvalue weighted by molar-refractivity contribution is -0.142. The van der Waals surface area contributed by atoms with Gasteiger partial charge < -0.3 is 20.8 Å². The Balaban J connectivity index is 0.000000347. The van der Waals surface area contributed by atoms with Crippen LogP contribution in [0, 0.1) is 18.3 Å². The molecule has 0 unspecified atom stereocenters. The Morgan fingerprint density at radius 2 is 1.62 bits per heavy atom. The third-order valence-electron chi connectivity index (χ3n) is 6.23. The lowest BCUT2D eigenvalue weighted by Gasteiger charge is -2.58. The van der Waals surface area contributed by atoms with Crippen LogP contribution in [0.25, 0.3) is 11.5 Å². The highest BCUT2D eigenvalue weighted by molar-refractivity contribution is 6.30. The van der Waals surface area contributed by atoms with Crippen molar-refractivity contribution in [3.05, 3.63) is 40.7 Å². The molecule has 190 valence electrons. The average molecular weight is 492 g/mol. The molecule has 0 bridgehead atoms. The number of hydrogen-bond acceptors (Lipinski definition) is 6. The molecule has 2 aromatic rings. The van der Waals surface area contributed by atoms with Crippen LogP contribution in [0.1, 0.15) is 52.0 Å². The SMILES string of the molecule is CCNCC.CCNCC.Cc1nc(-c2ccc(Cl)cc2)oc1CN1CC2(CC(C(N)=O)C2)C1. The summed E-state index contributed by atoms with van der Waals surface area (Å²) in [6, 6.07) is 7.49. The van der Waals surface area contributed by atoms with Crippen LogP contribution in [-0.4, -0.2) is 55.1 Å². The van der Waals surface area contributed by atoms with Crippen molar-refractivity contribution in [1.29, 1.82) is 0 Å². The van der Waals surface area contributed by atoms with Gasteiger partial charge in [0.05, 0.1) is 12.2 Å². The molecule has 1 aromatic heterocycles. The number of likely N-dealkylation sites (tertiary alicyclic amines) is 1. The Bertz CT molecular complexity index is 860. The number of aromatic nitrogens is 1. The molecule has 1 spiro atoms. The smallest absolute Gasteiger partial charge is 0.226 e. The third-order valence-corrected chi connectivity index (χ3v) is 6.48. The van der Waals surface area contributed by atoms with Crippen LogP contribution < -0.4 is 16.4 Å². The fourth-order valence-electron chi connectivity index (χ4n) is 4.45. The first-order valence-corrected chi connectivity index (χ1v) is 12.8. The second kappa shape index (κ2) is 13.8. The van der Waals surface area contributed by atoms with Crippen molar-refractivity contribution < 1.29 is 9.21 Å². The van der Waals surface area contributed by atoms with E-state index in [1.54, 1.807) is 0 Å². The van der Waals surface area contributed by atoms with Gasteiger partial charge in [0.1, 0.15) is 5.76 Å². The van der Waals surface area contributed by atoms with Gasteiger partial charge in [0.15, 0.2) is 0 Å². The Hall–Kier alpha value is -1.93. The molecule has 4 N–H and O–H groups in total. The maximum Gasteiger partial charge on any atom is 0.226 e. The van der Waals surface area contributed by atoms with Gasteiger partial charge in [-0.2, -0.15) is 0 Å². The molecule has 4 rings (SSSR count). The van der Waals surface area contributed by atoms with E-state index in [-0.39, 0.29) is 11.8 Å². The number of hydrogen-bond donors (Lipinski definition) is 3. The summed E-state index contributed by atoms with van der Waals surface area (Å²) in [7, 11) is 0. The molecule has 1 aliphatic carbocycles. The quantitative estimate of drug-likeness (QED) is 0.511. The molecule has 0 radical (unpaired) electrons. The lowest BCUT2D eigenvalue weighted by atomic mass is 9.57. The topological polar surface area (TPSA) is 96.4 Å². The third kappa shape index (κ3) is 8.08. The van der Waals surface area contributed by atoms with E-state index in [1.807, 2.05) is 31.2 Å². The van der Waals surface area contributed by atoms with Crippen molar-refractivity contribution in [3.63, 3.8) is 0 Å². The van der Waals surface area contributed by atoms with E-state index in [2.05, 4.69) is 48.2 Å². The lowest BCUT2D eigenvalue weighted by Crippen LogP contribution is -2.63. The summed E-state index contributed by atoms with van der Waals surface area (Å²) in [4.78, 5) is 18.0. The van der Waals surface area contributed by atoms with E-state index >= 15 is 0 Å². The van der Waals surface area contributed by atoms with Crippen molar-refractivity contribution in [1.82, 2.24) is 20.5 Å². The van der Waals surface area contributed by atoms with Gasteiger partial charge in [0.2, 0.25) is 11.8 Å². The number of carbonyl (C=O) groups is 1. The number of benzene rings is 1. The van der Waals surface area contributed by atoms with Crippen molar-refractivity contribution in [2.45, 2.75) is 54.0 Å². The number of aryl methyl sites for hydroxylation is 1. The van der Waals surface area contributed by atoms with Crippen LogP contribution in [0.2, 0.25) is 5.02 Å². The normalized spacial score (nSPS) is 16.5. The fourth-order valence-corrected chi connectivity index (χ4v) is 4.58. The van der Waals surface area contributed by atoms with Gasteiger partial charge in [-0.25, -0.2) is 4.98 Å². The van der Waals surface area contributed by atoms with Crippen molar-refractivity contribution in [2.24, 2.45) is 17.1 Å². The summed E-state index contributed by atoms with van der Waals surface area (Å²) in [5, 5.41) is 6.92. The Kier molecular flexibility index (Phi) is 11.5. The number of carbonyl (C=O) groups excluding carboxylic acids is 1. The molecule has 2 heterocycles. The highest BCUT2D eigenvalue weighted by Crippen LogP contribution is 2.52. The zero-order chi connectivity index (χ0) is 25.1. The van der Waals surface area contributed by atoms with Crippen LogP contribution in [0.15, 0.2) is 28.7 Å². The minimum absolute atomic E-state index is 0.0793. The summed E-state index contributed by atoms with van der Waals surface area (Å²) in [6.45, 7) is 17.5. The first-order valence-electron chi connectivity index (χ1n) is 12.4. The van der Waals surface area contributed by atoms with Crippen molar-refractivity contribution in [3.8, 4) is 11.5 Å². The van der Waals surface area contributed by atoms with E-state index in [9.17, 15) is 4.79 Å². The van der Waals surface area contributed by atoms with Gasteiger partial charge in [-0.05, 0) is 75.6 Å². The maximum atomic E-state index is 11.2. The zero-order valence-electron chi connectivity index (χ0n) is 21.4. The molecule has 7 nitrogen and oxygen atoms in total. The molecular weight excluding hydrogens is 450 g/mol. The van der Waals surface area contributed by atoms with Crippen LogP contribution in [0.3, 0.4) is 0 Å². The molecule has 1 saturated carbocycles. The van der Waals surface area contributed by atoms with Crippen molar-refractivity contribution in [2.75, 3.05) is 39.3 Å². The van der Waals surface area contributed by atoms with Gasteiger partial charge in [-0.15, -0.1) is 0 Å². The van der Waals surface area contributed by atoms with E-state index in [4.69, 9.17) is 21.8 Å². The van der Waals surface area contributed by atoms with E-state index in [1.165, 1.54) is 0 Å². The Morgan fingerprint density at radius 1 is 1.09 bits per heavy atom. The van der Waals surface area contributed by atoms with Gasteiger partial charge >= 0.3 is 0 Å². The highest BCUT2D eigenvalue weighted by atomic mass is 35.5. The van der Waals surface area contributed by atoms with Crippen LogP contribution in [0.4, 0.5) is 0 Å². The average Bonchev–Trinajstić information content (AvgIpc) is 3.11. The van der Waals surface area contributed by atoms with E-state index < -0.39 is 0 Å². The maximum absolute atomic E-state index is 11.2. The fraction of sp³-hybridized carbons (Fsp3) is 0.615. The second-order valence-corrected chi connectivity index (χ2v) is 9.54. The summed E-state index contributed by atoms with van der Waals surface area (Å²) >= 11 is 5.92. The number of rotatable bonds is 8. The predicted octanol–water partition coefficient (Wildman–Crippen LogP) is 4.23. The standard InChI is InChI=1S/C18H20ClN3O2.2C4H11N/c1-11-15(24-17(21-11)12-2-4-14(19)5-3-12)8-22-9-18(10-22)6-13(7-18)16(20)23;2*1-3-5-4-2/h2-5,13H,6-10H2,1H3,(H2,20,23);2*5H,3-4H2,1-2H3. The van der Waals surface area contributed by atoms with Gasteiger partial charge in [0.25, 0.3) is 0 Å². The number of nitrogens with one attached hydrogen (secondary N) is 2. The van der Waals surface area contributed by atoms with Crippen LogP contribution in [-0.2, 0) is 11.3 Å². The Labute approximate surface area is 209 Å². The highest BCUT2D eigenvalue weighted by Gasteiger charge is 2.53. The molecule has 2 aliphatic rings. The number of nitrogens with zero attached hydrogens (tertiary/aromatic N) is 2.